The van der Waals surface area contributed by atoms with Crippen LogP contribution < -0.4 is 10.5 Å². The van der Waals surface area contributed by atoms with Crippen molar-refractivity contribution in [1.82, 2.24) is 0 Å². The lowest BCUT2D eigenvalue weighted by atomic mass is 10.2. The number of para-hydroxylation sites is 1. The number of methoxy groups -OCH3 is 1. The number of benzene rings is 1. The fraction of sp³-hybridized carbons (Fsp3) is 0.250. The average Bonchev–Trinajstić information content (AvgIpc) is 2.42. The number of primary amides is 1. The molecule has 1 aromatic rings. The molecule has 0 aromatic heterocycles. The molecule has 2 N–H and O–H groups in total. The average molecular weight is 267 g/mol. The summed E-state index contributed by atoms with van der Waals surface area (Å²) in [5.41, 5.74) is 5.03. The van der Waals surface area contributed by atoms with E-state index < -0.39 is 24.5 Å². The van der Waals surface area contributed by atoms with Gasteiger partial charge in [0.05, 0.1) is 7.11 Å². The van der Waals surface area contributed by atoms with Gasteiger partial charge >= 0.3 is 11.9 Å². The van der Waals surface area contributed by atoms with E-state index in [1.165, 1.54) is 19.2 Å². The summed E-state index contributed by atoms with van der Waals surface area (Å²) < 4.78 is 14.1. The van der Waals surface area contributed by atoms with Crippen molar-refractivity contribution in [2.75, 3.05) is 20.3 Å². The molecular formula is C12H13NO6. The SMILES string of the molecule is COC(=O)COC(=O)c1ccccc1OCC(N)=O. The van der Waals surface area contributed by atoms with Gasteiger partial charge in [-0.25, -0.2) is 9.59 Å². The van der Waals surface area contributed by atoms with Crippen LogP contribution in [-0.2, 0) is 19.1 Å². The van der Waals surface area contributed by atoms with Gasteiger partial charge in [-0.15, -0.1) is 0 Å². The number of rotatable bonds is 6. The Morgan fingerprint density at radius 3 is 2.47 bits per heavy atom. The molecular weight excluding hydrogens is 254 g/mol. The first-order chi connectivity index (χ1) is 9.04. The van der Waals surface area contributed by atoms with Gasteiger partial charge in [0.15, 0.2) is 13.2 Å². The second kappa shape index (κ2) is 7.00. The number of esters is 2. The second-order valence-corrected chi connectivity index (χ2v) is 3.40. The monoisotopic (exact) mass is 267 g/mol. The van der Waals surface area contributed by atoms with Gasteiger partial charge in [-0.1, -0.05) is 12.1 Å². The van der Waals surface area contributed by atoms with Gasteiger partial charge in [0, 0.05) is 0 Å². The van der Waals surface area contributed by atoms with Crippen LogP contribution in [0, 0.1) is 0 Å². The first-order valence-corrected chi connectivity index (χ1v) is 5.28. The number of hydrogen-bond donors (Lipinski definition) is 1. The summed E-state index contributed by atoms with van der Waals surface area (Å²) in [5.74, 6) is -1.96. The van der Waals surface area contributed by atoms with E-state index in [-0.39, 0.29) is 17.9 Å². The minimum Gasteiger partial charge on any atom is -0.483 e. The Morgan fingerprint density at radius 2 is 1.84 bits per heavy atom. The second-order valence-electron chi connectivity index (χ2n) is 3.40. The van der Waals surface area contributed by atoms with Gasteiger partial charge in [-0.3, -0.25) is 4.79 Å². The van der Waals surface area contributed by atoms with Crippen LogP contribution in [0.1, 0.15) is 10.4 Å². The molecule has 1 aromatic carbocycles. The molecule has 0 bridgehead atoms. The third-order valence-corrected chi connectivity index (χ3v) is 2.03. The van der Waals surface area contributed by atoms with E-state index in [9.17, 15) is 14.4 Å². The minimum absolute atomic E-state index is 0.0904. The number of nitrogens with two attached hydrogens (primary N) is 1. The van der Waals surface area contributed by atoms with Crippen molar-refractivity contribution in [2.45, 2.75) is 0 Å². The van der Waals surface area contributed by atoms with Crippen LogP contribution in [0.4, 0.5) is 0 Å². The molecule has 1 rings (SSSR count). The van der Waals surface area contributed by atoms with Gasteiger partial charge in [-0.2, -0.15) is 0 Å². The topological polar surface area (TPSA) is 105 Å². The molecule has 19 heavy (non-hydrogen) atoms. The molecule has 0 heterocycles. The van der Waals surface area contributed by atoms with E-state index in [0.717, 1.165) is 0 Å². The van der Waals surface area contributed by atoms with Gasteiger partial charge in [0.2, 0.25) is 0 Å². The van der Waals surface area contributed by atoms with Crippen molar-refractivity contribution in [3.63, 3.8) is 0 Å². The number of hydrogen-bond acceptors (Lipinski definition) is 6. The largest absolute Gasteiger partial charge is 0.483 e. The lowest BCUT2D eigenvalue weighted by Gasteiger charge is -2.09. The number of carbonyl (C=O) groups is 3. The van der Waals surface area contributed by atoms with Crippen LogP contribution in [0.15, 0.2) is 24.3 Å². The van der Waals surface area contributed by atoms with E-state index in [2.05, 4.69) is 4.74 Å². The molecule has 7 heteroatoms. The zero-order valence-electron chi connectivity index (χ0n) is 10.3. The maximum Gasteiger partial charge on any atom is 0.344 e. The lowest BCUT2D eigenvalue weighted by molar-refractivity contribution is -0.144. The molecule has 0 aliphatic rings. The Hall–Kier alpha value is -2.57. The van der Waals surface area contributed by atoms with Crippen LogP contribution in [0.3, 0.4) is 0 Å². The quantitative estimate of drug-likeness (QED) is 0.720. The van der Waals surface area contributed by atoms with Gasteiger partial charge in [0.25, 0.3) is 5.91 Å². The Kier molecular flexibility index (Phi) is 5.34. The third-order valence-electron chi connectivity index (χ3n) is 2.03. The first-order valence-electron chi connectivity index (χ1n) is 5.28. The smallest absolute Gasteiger partial charge is 0.344 e. The van der Waals surface area contributed by atoms with Crippen molar-refractivity contribution in [1.29, 1.82) is 0 Å². The summed E-state index contributed by atoms with van der Waals surface area (Å²) >= 11 is 0. The zero-order valence-corrected chi connectivity index (χ0v) is 10.3. The van der Waals surface area contributed by atoms with Crippen LogP contribution in [0.2, 0.25) is 0 Å². The van der Waals surface area contributed by atoms with Crippen molar-refractivity contribution in [3.05, 3.63) is 29.8 Å². The van der Waals surface area contributed by atoms with E-state index in [0.29, 0.717) is 0 Å². The van der Waals surface area contributed by atoms with Crippen molar-refractivity contribution >= 4 is 17.8 Å². The molecule has 7 nitrogen and oxygen atoms in total. The van der Waals surface area contributed by atoms with Crippen molar-refractivity contribution < 1.29 is 28.6 Å². The van der Waals surface area contributed by atoms with E-state index >= 15 is 0 Å². The number of carbonyl (C=O) groups excluding carboxylic acids is 3. The normalized spacial score (nSPS) is 9.53. The van der Waals surface area contributed by atoms with Crippen molar-refractivity contribution in [3.8, 4) is 5.75 Å². The van der Waals surface area contributed by atoms with Gasteiger partial charge in [-0.05, 0) is 12.1 Å². The Bertz CT molecular complexity index is 485. The van der Waals surface area contributed by atoms with Crippen molar-refractivity contribution in [2.24, 2.45) is 5.73 Å². The summed E-state index contributed by atoms with van der Waals surface area (Å²) in [6.45, 7) is -0.860. The molecule has 0 saturated heterocycles. The molecule has 0 unspecified atom stereocenters. The number of amides is 1. The molecule has 0 aliphatic carbocycles. The van der Waals surface area contributed by atoms with Crippen LogP contribution in [-0.4, -0.2) is 38.2 Å². The summed E-state index contributed by atoms with van der Waals surface area (Å²) in [4.78, 5) is 33.2. The standard InChI is InChI=1S/C12H13NO6/c1-17-11(15)7-19-12(16)8-4-2-3-5-9(8)18-6-10(13)14/h2-5H,6-7H2,1H3,(H2,13,14). The number of ether oxygens (including phenoxy) is 3. The molecule has 102 valence electrons. The third kappa shape index (κ3) is 4.66. The highest BCUT2D eigenvalue weighted by Gasteiger charge is 2.15. The molecule has 0 fully saturated rings. The minimum atomic E-state index is -0.759. The Labute approximate surface area is 109 Å². The molecule has 0 atom stereocenters. The molecule has 0 saturated carbocycles. The summed E-state index contributed by atoms with van der Waals surface area (Å²) in [6, 6.07) is 6.13. The summed E-state index contributed by atoms with van der Waals surface area (Å²) in [6.07, 6.45) is 0. The van der Waals surface area contributed by atoms with Gasteiger partial charge in [0.1, 0.15) is 11.3 Å². The van der Waals surface area contributed by atoms with Crippen LogP contribution >= 0.6 is 0 Å². The molecule has 0 aliphatic heterocycles. The summed E-state index contributed by atoms with van der Waals surface area (Å²) in [5, 5.41) is 0. The highest BCUT2D eigenvalue weighted by Crippen LogP contribution is 2.18. The first kappa shape index (κ1) is 14.5. The van der Waals surface area contributed by atoms with E-state index in [4.69, 9.17) is 15.2 Å². The Balaban J connectivity index is 2.73. The molecule has 0 radical (unpaired) electrons. The maximum absolute atomic E-state index is 11.7. The predicted octanol–water partition coefficient (Wildman–Crippen LogP) is -0.120. The fourth-order valence-corrected chi connectivity index (χ4v) is 1.17. The van der Waals surface area contributed by atoms with E-state index in [1.807, 2.05) is 0 Å². The maximum atomic E-state index is 11.7. The van der Waals surface area contributed by atoms with Crippen LogP contribution in [0.5, 0.6) is 5.75 Å². The molecule has 0 spiro atoms. The Morgan fingerprint density at radius 1 is 1.16 bits per heavy atom. The summed E-state index contributed by atoms with van der Waals surface area (Å²) in [7, 11) is 1.18. The predicted molar refractivity (Wildman–Crippen MR) is 63.4 cm³/mol. The van der Waals surface area contributed by atoms with Crippen LogP contribution in [0.25, 0.3) is 0 Å². The highest BCUT2D eigenvalue weighted by atomic mass is 16.6. The van der Waals surface area contributed by atoms with E-state index in [1.54, 1.807) is 12.1 Å². The molecule has 1 amide bonds. The van der Waals surface area contributed by atoms with Gasteiger partial charge < -0.3 is 19.9 Å². The highest BCUT2D eigenvalue weighted by molar-refractivity contribution is 5.93. The zero-order chi connectivity index (χ0) is 14.3. The lowest BCUT2D eigenvalue weighted by Crippen LogP contribution is -2.21. The fourth-order valence-electron chi connectivity index (χ4n) is 1.17.